The van der Waals surface area contributed by atoms with Crippen LogP contribution in [0.5, 0.6) is 0 Å². The van der Waals surface area contributed by atoms with Gasteiger partial charge in [-0.15, -0.1) is 0 Å². The number of halogens is 1. The van der Waals surface area contributed by atoms with Crippen molar-refractivity contribution in [2.75, 3.05) is 0 Å². The topological polar surface area (TPSA) is 38.0 Å². The number of hydrogen-bond donors (Lipinski definition) is 1. The number of aromatic nitrogens is 2. The predicted molar refractivity (Wildman–Crippen MR) is 79.9 cm³/mol. The van der Waals surface area contributed by atoms with Gasteiger partial charge in [-0.1, -0.05) is 41.9 Å². The molecule has 2 aromatic carbocycles. The Bertz CT molecular complexity index is 722. The summed E-state index contributed by atoms with van der Waals surface area (Å²) in [6.45, 7) is -0.0608. The van der Waals surface area contributed by atoms with Gasteiger partial charge in [0.05, 0.1) is 18.0 Å². The van der Waals surface area contributed by atoms with Gasteiger partial charge in [-0.05, 0) is 24.3 Å². The second-order valence-electron chi connectivity index (χ2n) is 4.45. The normalized spacial score (nSPS) is 10.7. The number of rotatable bonds is 3. The highest BCUT2D eigenvalue weighted by molar-refractivity contribution is 6.30. The molecule has 0 bridgehead atoms. The summed E-state index contributed by atoms with van der Waals surface area (Å²) in [5.74, 6) is 0. The third-order valence-electron chi connectivity index (χ3n) is 3.08. The van der Waals surface area contributed by atoms with Crippen molar-refractivity contribution in [1.29, 1.82) is 0 Å². The maximum atomic E-state index is 9.52. The zero-order valence-electron chi connectivity index (χ0n) is 10.7. The molecule has 0 aliphatic carbocycles. The standard InChI is InChI=1S/C16H13ClN2O/c17-14-6-4-5-12(9-14)16-13(11-20)10-19(18-16)15-7-2-1-3-8-15/h1-10,20H,11H2. The van der Waals surface area contributed by atoms with Gasteiger partial charge in [0.25, 0.3) is 0 Å². The van der Waals surface area contributed by atoms with Crippen LogP contribution < -0.4 is 0 Å². The smallest absolute Gasteiger partial charge is 0.0983 e. The molecule has 0 aliphatic heterocycles. The van der Waals surface area contributed by atoms with Crippen LogP contribution in [0.4, 0.5) is 0 Å². The second-order valence-corrected chi connectivity index (χ2v) is 4.89. The number of aliphatic hydroxyl groups is 1. The first-order chi connectivity index (χ1) is 9.78. The molecule has 0 amide bonds. The van der Waals surface area contributed by atoms with E-state index in [0.29, 0.717) is 5.02 Å². The van der Waals surface area contributed by atoms with Gasteiger partial charge in [0.15, 0.2) is 0 Å². The number of aliphatic hydroxyl groups excluding tert-OH is 1. The molecular weight excluding hydrogens is 272 g/mol. The number of hydrogen-bond acceptors (Lipinski definition) is 2. The zero-order chi connectivity index (χ0) is 13.9. The zero-order valence-corrected chi connectivity index (χ0v) is 11.5. The Morgan fingerprint density at radius 1 is 1.05 bits per heavy atom. The molecule has 3 rings (SSSR count). The SMILES string of the molecule is OCc1cn(-c2ccccc2)nc1-c1cccc(Cl)c1. The van der Waals surface area contributed by atoms with Crippen molar-refractivity contribution in [3.05, 3.63) is 71.4 Å². The Hall–Kier alpha value is -2.10. The molecule has 0 atom stereocenters. The summed E-state index contributed by atoms with van der Waals surface area (Å²) >= 11 is 6.02. The Labute approximate surface area is 122 Å². The van der Waals surface area contributed by atoms with Crippen molar-refractivity contribution in [1.82, 2.24) is 9.78 Å². The molecule has 0 saturated carbocycles. The highest BCUT2D eigenvalue weighted by Crippen LogP contribution is 2.26. The van der Waals surface area contributed by atoms with E-state index < -0.39 is 0 Å². The molecule has 100 valence electrons. The molecular formula is C16H13ClN2O. The van der Waals surface area contributed by atoms with Gasteiger partial charge in [0, 0.05) is 22.3 Å². The van der Waals surface area contributed by atoms with E-state index >= 15 is 0 Å². The van der Waals surface area contributed by atoms with Gasteiger partial charge in [0.2, 0.25) is 0 Å². The van der Waals surface area contributed by atoms with Gasteiger partial charge in [-0.25, -0.2) is 4.68 Å². The van der Waals surface area contributed by atoms with Crippen LogP contribution in [-0.2, 0) is 6.61 Å². The Balaban J connectivity index is 2.10. The van der Waals surface area contributed by atoms with E-state index in [9.17, 15) is 5.11 Å². The van der Waals surface area contributed by atoms with Crippen LogP contribution in [0.25, 0.3) is 16.9 Å². The van der Waals surface area contributed by atoms with Crippen LogP contribution in [0.3, 0.4) is 0 Å². The van der Waals surface area contributed by atoms with Crippen molar-refractivity contribution in [3.8, 4) is 16.9 Å². The molecule has 0 fully saturated rings. The molecule has 0 radical (unpaired) electrons. The van der Waals surface area contributed by atoms with Crippen LogP contribution in [0.15, 0.2) is 60.8 Å². The molecule has 3 aromatic rings. The minimum absolute atomic E-state index is 0.0608. The van der Waals surface area contributed by atoms with Crippen molar-refractivity contribution >= 4 is 11.6 Å². The van der Waals surface area contributed by atoms with Gasteiger partial charge in [-0.2, -0.15) is 5.10 Å². The Morgan fingerprint density at radius 2 is 1.85 bits per heavy atom. The van der Waals surface area contributed by atoms with Gasteiger partial charge in [-0.3, -0.25) is 0 Å². The lowest BCUT2D eigenvalue weighted by Gasteiger charge is -2.01. The van der Waals surface area contributed by atoms with Crippen LogP contribution in [0.1, 0.15) is 5.56 Å². The molecule has 1 heterocycles. The molecule has 20 heavy (non-hydrogen) atoms. The van der Waals surface area contributed by atoms with Crippen molar-refractivity contribution in [2.45, 2.75) is 6.61 Å². The molecule has 4 heteroatoms. The molecule has 0 aliphatic rings. The summed E-state index contributed by atoms with van der Waals surface area (Å²) in [6, 6.07) is 17.3. The first kappa shape index (κ1) is 12.9. The fourth-order valence-electron chi connectivity index (χ4n) is 2.12. The lowest BCUT2D eigenvalue weighted by Crippen LogP contribution is -1.93. The Kier molecular flexibility index (Phi) is 3.54. The van der Waals surface area contributed by atoms with E-state index in [2.05, 4.69) is 5.10 Å². The summed E-state index contributed by atoms with van der Waals surface area (Å²) in [5, 5.41) is 14.7. The minimum Gasteiger partial charge on any atom is -0.392 e. The fourth-order valence-corrected chi connectivity index (χ4v) is 2.31. The number of para-hydroxylation sites is 1. The first-order valence-corrected chi connectivity index (χ1v) is 6.66. The molecule has 1 aromatic heterocycles. The minimum atomic E-state index is -0.0608. The maximum Gasteiger partial charge on any atom is 0.0983 e. The first-order valence-electron chi connectivity index (χ1n) is 6.28. The van der Waals surface area contributed by atoms with Crippen LogP contribution in [0, 0.1) is 0 Å². The quantitative estimate of drug-likeness (QED) is 0.797. The largest absolute Gasteiger partial charge is 0.392 e. The average Bonchev–Trinajstić information content (AvgIpc) is 2.92. The van der Waals surface area contributed by atoms with Gasteiger partial charge in [0.1, 0.15) is 0 Å². The molecule has 0 spiro atoms. The predicted octanol–water partition coefficient (Wildman–Crippen LogP) is 3.69. The lowest BCUT2D eigenvalue weighted by atomic mass is 10.1. The molecule has 0 unspecified atom stereocenters. The van der Waals surface area contributed by atoms with Crippen LogP contribution in [-0.4, -0.2) is 14.9 Å². The molecule has 0 saturated heterocycles. The van der Waals surface area contributed by atoms with E-state index in [0.717, 1.165) is 22.5 Å². The van der Waals surface area contributed by atoms with Crippen LogP contribution >= 0.6 is 11.6 Å². The van der Waals surface area contributed by atoms with Gasteiger partial charge >= 0.3 is 0 Å². The third kappa shape index (κ3) is 2.46. The number of benzene rings is 2. The average molecular weight is 285 g/mol. The molecule has 3 nitrogen and oxygen atoms in total. The van der Waals surface area contributed by atoms with Crippen molar-refractivity contribution in [2.24, 2.45) is 0 Å². The second kappa shape index (κ2) is 5.49. The van der Waals surface area contributed by atoms with Crippen molar-refractivity contribution < 1.29 is 5.11 Å². The van der Waals surface area contributed by atoms with E-state index in [-0.39, 0.29) is 6.61 Å². The van der Waals surface area contributed by atoms with Gasteiger partial charge < -0.3 is 5.11 Å². The highest BCUT2D eigenvalue weighted by Gasteiger charge is 2.11. The van der Waals surface area contributed by atoms with E-state index in [1.807, 2.05) is 60.8 Å². The maximum absolute atomic E-state index is 9.52. The van der Waals surface area contributed by atoms with E-state index in [1.165, 1.54) is 0 Å². The Morgan fingerprint density at radius 3 is 2.55 bits per heavy atom. The summed E-state index contributed by atoms with van der Waals surface area (Å²) in [5.41, 5.74) is 3.38. The van der Waals surface area contributed by atoms with Crippen molar-refractivity contribution in [3.63, 3.8) is 0 Å². The summed E-state index contributed by atoms with van der Waals surface area (Å²) in [4.78, 5) is 0. The third-order valence-corrected chi connectivity index (χ3v) is 3.31. The fraction of sp³-hybridized carbons (Fsp3) is 0.0625. The molecule has 1 N–H and O–H groups in total. The lowest BCUT2D eigenvalue weighted by molar-refractivity contribution is 0.282. The number of nitrogens with zero attached hydrogens (tertiary/aromatic N) is 2. The summed E-state index contributed by atoms with van der Waals surface area (Å²) in [7, 11) is 0. The van der Waals surface area contributed by atoms with E-state index in [1.54, 1.807) is 4.68 Å². The summed E-state index contributed by atoms with van der Waals surface area (Å²) < 4.78 is 1.77. The van der Waals surface area contributed by atoms with Crippen LogP contribution in [0.2, 0.25) is 5.02 Å². The highest BCUT2D eigenvalue weighted by atomic mass is 35.5. The monoisotopic (exact) mass is 284 g/mol. The van der Waals surface area contributed by atoms with E-state index in [4.69, 9.17) is 11.6 Å². The summed E-state index contributed by atoms with van der Waals surface area (Å²) in [6.07, 6.45) is 1.84.